The van der Waals surface area contributed by atoms with Gasteiger partial charge in [0.2, 0.25) is 5.78 Å². The van der Waals surface area contributed by atoms with Crippen LogP contribution in [0, 0.1) is 0 Å². The van der Waals surface area contributed by atoms with E-state index in [1.54, 1.807) is 6.92 Å². The molecule has 254 valence electrons. The molecule has 47 heavy (non-hydrogen) atoms. The molecule has 2 saturated heterocycles. The van der Waals surface area contributed by atoms with Gasteiger partial charge in [-0.25, -0.2) is 10.4 Å². The van der Waals surface area contributed by atoms with E-state index in [-0.39, 0.29) is 34.4 Å². The third-order valence-electron chi connectivity index (χ3n) is 9.41. The molecule has 6 rings (SSSR count). The number of carbonyl (C=O) groups is 3. The fourth-order valence-electron chi connectivity index (χ4n) is 6.96. The van der Waals surface area contributed by atoms with Gasteiger partial charge < -0.3 is 49.2 Å². The highest BCUT2D eigenvalue weighted by atomic mass is 16.7. The molecule has 2 aliphatic carbocycles. The predicted octanol–water partition coefficient (Wildman–Crippen LogP) is -0.148. The Hall–Kier alpha value is -3.51. The first-order chi connectivity index (χ1) is 22.4. The van der Waals surface area contributed by atoms with Crippen LogP contribution in [-0.4, -0.2) is 125 Å². The normalized spacial score (nSPS) is 30.8. The molecule has 0 saturated carbocycles. The first kappa shape index (κ1) is 33.4. The molecule has 15 nitrogen and oxygen atoms in total. The lowest BCUT2D eigenvalue weighted by Gasteiger charge is -2.44. The van der Waals surface area contributed by atoms with Gasteiger partial charge in [0.25, 0.3) is 0 Å². The molecule has 15 heteroatoms. The largest absolute Gasteiger partial charge is 0.507 e. The lowest BCUT2D eigenvalue weighted by Crippen LogP contribution is -2.61. The number of Topliss-reactive ketones (excluding diaryl/α,β-unsaturated/α-hetero) is 1. The fraction of sp³-hybridized carbons (Fsp3) is 0.531. The third kappa shape index (κ3) is 5.71. The number of fused-ring (bicyclic) bond motifs is 3. The van der Waals surface area contributed by atoms with E-state index < -0.39 is 102 Å². The zero-order valence-corrected chi connectivity index (χ0v) is 26.1. The molecular formula is C32H38N2O13. The SMILES string of the molecule is COc1cccc2c1C(=O)c1c(O)c3c(c(O)c1C2=O)C[C@@](O)(C(=O)CO)C[C@@H]3OC1CC(NN2CCOC(OC)C2)C(O)C(C)O1. The second-order valence-electron chi connectivity index (χ2n) is 12.2. The van der Waals surface area contributed by atoms with Crippen LogP contribution < -0.4 is 10.2 Å². The van der Waals surface area contributed by atoms with Gasteiger partial charge in [0.1, 0.15) is 29.5 Å². The molecule has 0 spiro atoms. The maximum absolute atomic E-state index is 13.9. The van der Waals surface area contributed by atoms with Gasteiger partial charge in [-0.2, -0.15) is 0 Å². The van der Waals surface area contributed by atoms with E-state index in [4.69, 9.17) is 23.7 Å². The second kappa shape index (κ2) is 12.8. The molecule has 2 aromatic rings. The van der Waals surface area contributed by atoms with Gasteiger partial charge >= 0.3 is 0 Å². The number of rotatable bonds is 8. The van der Waals surface area contributed by atoms with Crippen molar-refractivity contribution in [1.82, 2.24) is 10.4 Å². The van der Waals surface area contributed by atoms with Crippen molar-refractivity contribution < 1.29 is 63.6 Å². The van der Waals surface area contributed by atoms with E-state index in [0.717, 1.165) is 0 Å². The minimum atomic E-state index is -2.27. The Morgan fingerprint density at radius 1 is 1.11 bits per heavy atom. The van der Waals surface area contributed by atoms with Gasteiger partial charge in [-0.05, 0) is 13.0 Å². The number of phenols is 2. The molecule has 6 N–H and O–H groups in total. The van der Waals surface area contributed by atoms with Crippen molar-refractivity contribution in [2.45, 2.75) is 68.7 Å². The zero-order valence-electron chi connectivity index (χ0n) is 26.1. The van der Waals surface area contributed by atoms with Crippen molar-refractivity contribution in [2.24, 2.45) is 0 Å². The quantitative estimate of drug-likeness (QED) is 0.174. The van der Waals surface area contributed by atoms with E-state index in [1.165, 1.54) is 32.4 Å². The van der Waals surface area contributed by atoms with Crippen molar-refractivity contribution in [3.05, 3.63) is 51.6 Å². The molecule has 2 heterocycles. The van der Waals surface area contributed by atoms with Crippen molar-refractivity contribution in [1.29, 1.82) is 0 Å². The van der Waals surface area contributed by atoms with Crippen LogP contribution in [0.4, 0.5) is 0 Å². The van der Waals surface area contributed by atoms with Crippen LogP contribution in [0.3, 0.4) is 0 Å². The smallest absolute Gasteiger partial charge is 0.202 e. The van der Waals surface area contributed by atoms with Crippen LogP contribution in [0.15, 0.2) is 18.2 Å². The number of ketones is 3. The van der Waals surface area contributed by atoms with Crippen LogP contribution in [0.1, 0.15) is 68.8 Å². The molecule has 0 amide bonds. The number of hydrogen-bond acceptors (Lipinski definition) is 15. The van der Waals surface area contributed by atoms with Crippen LogP contribution in [0.5, 0.6) is 17.2 Å². The number of nitrogens with zero attached hydrogens (tertiary/aromatic N) is 1. The van der Waals surface area contributed by atoms with Gasteiger partial charge in [-0.15, -0.1) is 0 Å². The Morgan fingerprint density at radius 2 is 1.85 bits per heavy atom. The molecule has 0 radical (unpaired) electrons. The van der Waals surface area contributed by atoms with Gasteiger partial charge in [0.05, 0.1) is 61.3 Å². The summed E-state index contributed by atoms with van der Waals surface area (Å²) in [5.74, 6) is -3.79. The summed E-state index contributed by atoms with van der Waals surface area (Å²) in [5.41, 5.74) is -0.400. The fourth-order valence-corrected chi connectivity index (χ4v) is 6.96. The average molecular weight is 659 g/mol. The average Bonchev–Trinajstić information content (AvgIpc) is 3.06. The first-order valence-electron chi connectivity index (χ1n) is 15.3. The molecule has 2 aliphatic heterocycles. The highest BCUT2D eigenvalue weighted by Gasteiger charge is 2.50. The van der Waals surface area contributed by atoms with Crippen LogP contribution in [-0.2, 0) is 30.2 Å². The number of phenolic OH excluding ortho intramolecular Hbond substituents is 2. The second-order valence-corrected chi connectivity index (χ2v) is 12.2. The van der Waals surface area contributed by atoms with E-state index >= 15 is 0 Å². The summed E-state index contributed by atoms with van der Waals surface area (Å²) in [6.07, 6.45) is -5.63. The monoisotopic (exact) mass is 658 g/mol. The minimum absolute atomic E-state index is 0.0550. The number of benzene rings is 2. The number of aromatic hydroxyl groups is 2. The Bertz CT molecular complexity index is 1600. The van der Waals surface area contributed by atoms with Crippen LogP contribution >= 0.6 is 0 Å². The first-order valence-corrected chi connectivity index (χ1v) is 15.3. The number of nitrogens with one attached hydrogen (secondary N) is 1. The molecule has 0 bridgehead atoms. The number of hydrazine groups is 1. The van der Waals surface area contributed by atoms with E-state index in [9.17, 15) is 39.9 Å². The van der Waals surface area contributed by atoms with Crippen molar-refractivity contribution in [2.75, 3.05) is 40.5 Å². The summed E-state index contributed by atoms with van der Waals surface area (Å²) in [6, 6.07) is 3.80. The standard InChI is InChI=1S/C32H38N2O13/c1-14-27(37)17(33-34-7-8-45-22(12-34)44-3)9-21(46-14)47-19-11-32(42,20(36)13-35)10-16-24(19)31(41)26-25(29(16)39)28(38)15-5-4-6-18(43-2)23(15)30(26)40/h4-6,14,17,19,21-22,27,33,35,37,39,41-42H,7-13H2,1-3H3/t14?,17?,19-,21?,22?,27?,32-/m0/s1. The Balaban J connectivity index is 1.39. The summed E-state index contributed by atoms with van der Waals surface area (Å²) in [6.45, 7) is 1.89. The summed E-state index contributed by atoms with van der Waals surface area (Å²) >= 11 is 0. The molecular weight excluding hydrogens is 620 g/mol. The third-order valence-corrected chi connectivity index (χ3v) is 9.41. The Morgan fingerprint density at radius 3 is 2.55 bits per heavy atom. The number of ether oxygens (including phenoxy) is 5. The van der Waals surface area contributed by atoms with Gasteiger partial charge in [-0.1, -0.05) is 12.1 Å². The number of morpholine rings is 1. The lowest BCUT2D eigenvalue weighted by atomic mass is 9.72. The molecule has 7 atom stereocenters. The summed E-state index contributed by atoms with van der Waals surface area (Å²) < 4.78 is 28.4. The Kier molecular flexibility index (Phi) is 9.12. The highest BCUT2D eigenvalue weighted by molar-refractivity contribution is 6.31. The van der Waals surface area contributed by atoms with E-state index in [1.807, 2.05) is 5.01 Å². The molecule has 2 fully saturated rings. The molecule has 0 aromatic heterocycles. The predicted molar refractivity (Wildman–Crippen MR) is 159 cm³/mol. The summed E-state index contributed by atoms with van der Waals surface area (Å²) in [7, 11) is 2.85. The van der Waals surface area contributed by atoms with Gasteiger partial charge in [0, 0.05) is 49.6 Å². The number of carbonyl (C=O) groups excluding carboxylic acids is 3. The Labute approximate surface area is 269 Å². The van der Waals surface area contributed by atoms with Gasteiger partial charge in [-0.3, -0.25) is 14.4 Å². The van der Waals surface area contributed by atoms with Crippen molar-refractivity contribution >= 4 is 17.3 Å². The number of hydrogen-bond donors (Lipinski definition) is 6. The maximum Gasteiger partial charge on any atom is 0.202 e. The zero-order chi connectivity index (χ0) is 33.8. The van der Waals surface area contributed by atoms with Crippen LogP contribution in [0.2, 0.25) is 0 Å². The molecule has 2 aromatic carbocycles. The number of aliphatic hydroxyl groups excluding tert-OH is 2. The maximum atomic E-state index is 13.9. The summed E-state index contributed by atoms with van der Waals surface area (Å²) in [4.78, 5) is 40.4. The topological polar surface area (TPSA) is 214 Å². The van der Waals surface area contributed by atoms with Crippen LogP contribution in [0.25, 0.3) is 0 Å². The summed E-state index contributed by atoms with van der Waals surface area (Å²) in [5, 5.41) is 57.2. The van der Waals surface area contributed by atoms with Crippen molar-refractivity contribution in [3.8, 4) is 17.2 Å². The lowest BCUT2D eigenvalue weighted by molar-refractivity contribution is -0.256. The van der Waals surface area contributed by atoms with E-state index in [2.05, 4.69) is 5.43 Å². The highest BCUT2D eigenvalue weighted by Crippen LogP contribution is 2.52. The number of methoxy groups -OCH3 is 2. The van der Waals surface area contributed by atoms with Gasteiger partial charge in [0.15, 0.2) is 24.1 Å². The molecule has 4 aliphatic rings. The van der Waals surface area contributed by atoms with E-state index in [0.29, 0.717) is 19.7 Å². The minimum Gasteiger partial charge on any atom is -0.507 e. The van der Waals surface area contributed by atoms with Crippen molar-refractivity contribution in [3.63, 3.8) is 0 Å². The molecule has 5 unspecified atom stereocenters. The number of aliphatic hydroxyl groups is 3.